The van der Waals surface area contributed by atoms with Crippen LogP contribution in [0.3, 0.4) is 0 Å². The average Bonchev–Trinajstić information content (AvgIpc) is 2.99. The van der Waals surface area contributed by atoms with Gasteiger partial charge < -0.3 is 10.2 Å². The van der Waals surface area contributed by atoms with Crippen LogP contribution in [0.4, 0.5) is 5.69 Å². The molecule has 5 nitrogen and oxygen atoms in total. The van der Waals surface area contributed by atoms with Crippen LogP contribution in [0.25, 0.3) is 0 Å². The molecule has 0 radical (unpaired) electrons. The van der Waals surface area contributed by atoms with Crippen molar-refractivity contribution in [3.05, 3.63) is 47.3 Å². The van der Waals surface area contributed by atoms with Gasteiger partial charge >= 0.3 is 0 Å². The lowest BCUT2D eigenvalue weighted by Gasteiger charge is -2.20. The Kier molecular flexibility index (Phi) is 3.41. The number of benzene rings is 1. The number of nitrogens with zero attached hydrogens (tertiary/aromatic N) is 2. The summed E-state index contributed by atoms with van der Waals surface area (Å²) in [6.07, 6.45) is 5.70. The molecule has 0 saturated heterocycles. The van der Waals surface area contributed by atoms with Gasteiger partial charge in [0.1, 0.15) is 0 Å². The maximum absolute atomic E-state index is 12.4. The summed E-state index contributed by atoms with van der Waals surface area (Å²) in [5, 5.41) is 10.0. The van der Waals surface area contributed by atoms with Crippen LogP contribution in [0, 0.1) is 0 Å². The molecule has 2 aromatic rings. The van der Waals surface area contributed by atoms with Crippen molar-refractivity contribution in [2.45, 2.75) is 19.4 Å². The van der Waals surface area contributed by atoms with E-state index in [9.17, 15) is 4.79 Å². The Bertz CT molecular complexity index is 606. The Labute approximate surface area is 118 Å². The molecule has 3 rings (SSSR count). The molecule has 1 aromatic heterocycles. The number of carbonyl (C=O) groups is 1. The molecule has 0 spiro atoms. The number of hydrogen-bond acceptors (Lipinski definition) is 3. The van der Waals surface area contributed by atoms with Gasteiger partial charge in [-0.1, -0.05) is 0 Å². The van der Waals surface area contributed by atoms with Crippen LogP contribution in [0.15, 0.2) is 30.6 Å². The lowest BCUT2D eigenvalue weighted by Crippen LogP contribution is -2.26. The lowest BCUT2D eigenvalue weighted by atomic mass is 10.0. The summed E-state index contributed by atoms with van der Waals surface area (Å²) in [7, 11) is 1.81. The van der Waals surface area contributed by atoms with Crippen molar-refractivity contribution in [2.24, 2.45) is 0 Å². The fourth-order valence-corrected chi connectivity index (χ4v) is 2.54. The van der Waals surface area contributed by atoms with Gasteiger partial charge in [-0.3, -0.25) is 9.89 Å². The first-order valence-corrected chi connectivity index (χ1v) is 6.84. The molecule has 1 amide bonds. The highest BCUT2D eigenvalue weighted by molar-refractivity contribution is 5.94. The van der Waals surface area contributed by atoms with Crippen LogP contribution in [0.5, 0.6) is 0 Å². The van der Waals surface area contributed by atoms with E-state index in [0.29, 0.717) is 6.54 Å². The number of amides is 1. The summed E-state index contributed by atoms with van der Waals surface area (Å²) in [5.74, 6) is 0.0413. The van der Waals surface area contributed by atoms with Crippen molar-refractivity contribution in [1.29, 1.82) is 0 Å². The molecule has 20 heavy (non-hydrogen) atoms. The summed E-state index contributed by atoms with van der Waals surface area (Å²) >= 11 is 0. The van der Waals surface area contributed by atoms with Crippen molar-refractivity contribution in [3.63, 3.8) is 0 Å². The van der Waals surface area contributed by atoms with Gasteiger partial charge in [-0.15, -0.1) is 0 Å². The molecular weight excluding hydrogens is 252 g/mol. The van der Waals surface area contributed by atoms with Crippen molar-refractivity contribution in [3.8, 4) is 0 Å². The molecule has 5 heteroatoms. The first-order valence-electron chi connectivity index (χ1n) is 6.84. The zero-order chi connectivity index (χ0) is 13.9. The Hall–Kier alpha value is -2.30. The highest BCUT2D eigenvalue weighted by Crippen LogP contribution is 2.23. The van der Waals surface area contributed by atoms with Gasteiger partial charge in [0.05, 0.1) is 6.20 Å². The Morgan fingerprint density at radius 2 is 2.35 bits per heavy atom. The number of nitrogens with one attached hydrogen (secondary N) is 2. The SMILES string of the molecule is CN(Cc1cn[nH]c1)C(=O)c1ccc2c(c1)CCCN2. The van der Waals surface area contributed by atoms with Crippen LogP contribution in [0.1, 0.15) is 27.9 Å². The van der Waals surface area contributed by atoms with Crippen molar-refractivity contribution < 1.29 is 4.79 Å². The van der Waals surface area contributed by atoms with Crippen LogP contribution in [-0.4, -0.2) is 34.6 Å². The minimum absolute atomic E-state index is 0.0413. The van der Waals surface area contributed by atoms with Crippen molar-refractivity contribution in [2.75, 3.05) is 18.9 Å². The Morgan fingerprint density at radius 3 is 3.15 bits per heavy atom. The molecule has 104 valence electrons. The van der Waals surface area contributed by atoms with E-state index in [-0.39, 0.29) is 5.91 Å². The normalized spacial score (nSPS) is 13.4. The average molecular weight is 270 g/mol. The molecule has 1 aliphatic rings. The molecule has 1 aromatic carbocycles. The van der Waals surface area contributed by atoms with Gasteiger partial charge in [0.2, 0.25) is 0 Å². The first-order chi connectivity index (χ1) is 9.74. The van der Waals surface area contributed by atoms with E-state index in [4.69, 9.17) is 0 Å². The molecule has 0 aliphatic carbocycles. The van der Waals surface area contributed by atoms with Gasteiger partial charge in [-0.05, 0) is 36.6 Å². The number of H-pyrrole nitrogens is 1. The highest BCUT2D eigenvalue weighted by Gasteiger charge is 2.15. The zero-order valence-corrected chi connectivity index (χ0v) is 11.5. The largest absolute Gasteiger partial charge is 0.385 e. The lowest BCUT2D eigenvalue weighted by molar-refractivity contribution is 0.0785. The first kappa shape index (κ1) is 12.7. The third-order valence-electron chi connectivity index (χ3n) is 3.61. The van der Waals surface area contributed by atoms with Crippen LogP contribution in [0.2, 0.25) is 0 Å². The number of aryl methyl sites for hydroxylation is 1. The van der Waals surface area contributed by atoms with Gasteiger partial charge in [0.15, 0.2) is 0 Å². The standard InChI is InChI=1S/C15H18N4O/c1-19(10-11-8-17-18-9-11)15(20)13-4-5-14-12(7-13)3-2-6-16-14/h4-5,7-9,16H,2-3,6,10H2,1H3,(H,17,18). The maximum atomic E-state index is 12.4. The highest BCUT2D eigenvalue weighted by atomic mass is 16.2. The second-order valence-electron chi connectivity index (χ2n) is 5.17. The van der Waals surface area contributed by atoms with Crippen LogP contribution >= 0.6 is 0 Å². The maximum Gasteiger partial charge on any atom is 0.253 e. The van der Waals surface area contributed by atoms with Gasteiger partial charge in [0.25, 0.3) is 5.91 Å². The van der Waals surface area contributed by atoms with E-state index in [1.807, 2.05) is 25.2 Å². The topological polar surface area (TPSA) is 61.0 Å². The fourth-order valence-electron chi connectivity index (χ4n) is 2.54. The van der Waals surface area contributed by atoms with Gasteiger partial charge in [0, 0.05) is 43.1 Å². The number of carbonyl (C=O) groups excluding carboxylic acids is 1. The fraction of sp³-hybridized carbons (Fsp3) is 0.333. The van der Waals surface area contributed by atoms with E-state index in [1.165, 1.54) is 5.56 Å². The van der Waals surface area contributed by atoms with E-state index in [2.05, 4.69) is 15.5 Å². The summed E-state index contributed by atoms with van der Waals surface area (Å²) in [6.45, 7) is 1.57. The minimum atomic E-state index is 0.0413. The number of fused-ring (bicyclic) bond motifs is 1. The molecule has 2 N–H and O–H groups in total. The van der Waals surface area contributed by atoms with Crippen LogP contribution in [-0.2, 0) is 13.0 Å². The summed E-state index contributed by atoms with van der Waals surface area (Å²) < 4.78 is 0. The van der Waals surface area contributed by atoms with Crippen LogP contribution < -0.4 is 5.32 Å². The van der Waals surface area contributed by atoms with Crippen molar-refractivity contribution >= 4 is 11.6 Å². The number of hydrogen-bond donors (Lipinski definition) is 2. The molecule has 0 atom stereocenters. The van der Waals surface area contributed by atoms with Gasteiger partial charge in [-0.2, -0.15) is 5.10 Å². The summed E-state index contributed by atoms with van der Waals surface area (Å²) in [4.78, 5) is 14.1. The molecule has 0 fully saturated rings. The van der Waals surface area contributed by atoms with Crippen molar-refractivity contribution in [1.82, 2.24) is 15.1 Å². The monoisotopic (exact) mass is 270 g/mol. The quantitative estimate of drug-likeness (QED) is 0.897. The van der Waals surface area contributed by atoms with E-state index >= 15 is 0 Å². The Morgan fingerprint density at radius 1 is 1.45 bits per heavy atom. The van der Waals surface area contributed by atoms with E-state index < -0.39 is 0 Å². The molecule has 0 unspecified atom stereocenters. The smallest absolute Gasteiger partial charge is 0.253 e. The predicted octanol–water partition coefficient (Wildman–Crippen LogP) is 2.04. The second-order valence-corrected chi connectivity index (χ2v) is 5.17. The molecule has 0 bridgehead atoms. The number of aromatic amines is 1. The molecular formula is C15H18N4O. The second kappa shape index (κ2) is 5.36. The molecule has 1 aliphatic heterocycles. The van der Waals surface area contributed by atoms with E-state index in [1.54, 1.807) is 17.3 Å². The third kappa shape index (κ3) is 2.52. The molecule has 2 heterocycles. The van der Waals surface area contributed by atoms with Gasteiger partial charge in [-0.25, -0.2) is 0 Å². The predicted molar refractivity (Wildman–Crippen MR) is 77.6 cm³/mol. The van der Waals surface area contributed by atoms with E-state index in [0.717, 1.165) is 36.2 Å². The zero-order valence-electron chi connectivity index (χ0n) is 11.5. The number of anilines is 1. The summed E-state index contributed by atoms with van der Waals surface area (Å²) in [5.41, 5.74) is 4.14. The third-order valence-corrected chi connectivity index (χ3v) is 3.61. The Balaban J connectivity index is 1.76. The number of aromatic nitrogens is 2. The summed E-state index contributed by atoms with van der Waals surface area (Å²) in [6, 6.07) is 5.91. The molecule has 0 saturated carbocycles. The minimum Gasteiger partial charge on any atom is -0.385 e. The number of rotatable bonds is 3.